The summed E-state index contributed by atoms with van der Waals surface area (Å²) < 4.78 is 40.7. The van der Waals surface area contributed by atoms with Crippen molar-refractivity contribution in [3.63, 3.8) is 0 Å². The number of sulfonamides is 1. The van der Waals surface area contributed by atoms with E-state index in [-0.39, 0.29) is 34.2 Å². The Balaban J connectivity index is 0.918. The lowest BCUT2D eigenvalue weighted by molar-refractivity contribution is -0.384. The smallest absolute Gasteiger partial charge is 0.293 e. The van der Waals surface area contributed by atoms with Crippen molar-refractivity contribution in [2.24, 2.45) is 11.3 Å². The molecule has 14 heteroatoms. The molecule has 3 N–H and O–H groups in total. The number of para-hydroxylation sites is 1. The van der Waals surface area contributed by atoms with Gasteiger partial charge in [-0.05, 0) is 126 Å². The molecule has 2 saturated carbocycles. The van der Waals surface area contributed by atoms with Crippen molar-refractivity contribution in [3.8, 4) is 5.75 Å². The second-order valence-electron chi connectivity index (χ2n) is 16.8. The highest BCUT2D eigenvalue weighted by Crippen LogP contribution is 2.53. The number of piperidine rings is 1. The van der Waals surface area contributed by atoms with Crippen LogP contribution in [0.3, 0.4) is 0 Å². The van der Waals surface area contributed by atoms with Crippen molar-refractivity contribution < 1.29 is 32.7 Å². The molecule has 13 nitrogen and oxygen atoms in total. The molecule has 3 aromatic carbocycles. The molecule has 56 heavy (non-hydrogen) atoms. The van der Waals surface area contributed by atoms with E-state index in [9.17, 15) is 28.4 Å². The molecule has 0 radical (unpaired) electrons. The SMILES string of the molecule is CC(C)Oc1ccccc1[C@@H]1COCCN1C1CC2(CCN(c3ccc(C(=O)NS(=O)(=O)c4ccc(NCC5CCC(C)(O)CC5)c([N+](=O)[O-])c4)cc3)CC2)C1. The number of hydrogen-bond donors (Lipinski definition) is 3. The van der Waals surface area contributed by atoms with Gasteiger partial charge in [-0.1, -0.05) is 18.2 Å². The van der Waals surface area contributed by atoms with Crippen LogP contribution < -0.4 is 19.7 Å². The Morgan fingerprint density at radius 2 is 1.71 bits per heavy atom. The second-order valence-corrected chi connectivity index (χ2v) is 18.5. The summed E-state index contributed by atoms with van der Waals surface area (Å²) >= 11 is 0. The quantitative estimate of drug-likeness (QED) is 0.133. The van der Waals surface area contributed by atoms with Gasteiger partial charge in [0.2, 0.25) is 0 Å². The minimum atomic E-state index is -4.39. The van der Waals surface area contributed by atoms with E-state index in [0.717, 1.165) is 82.3 Å². The van der Waals surface area contributed by atoms with Gasteiger partial charge in [0.1, 0.15) is 11.4 Å². The van der Waals surface area contributed by atoms with Gasteiger partial charge in [-0.2, -0.15) is 0 Å². The number of morpholine rings is 1. The van der Waals surface area contributed by atoms with E-state index in [0.29, 0.717) is 37.5 Å². The fourth-order valence-electron chi connectivity index (χ4n) is 9.06. The number of nitrogens with zero attached hydrogens (tertiary/aromatic N) is 3. The summed E-state index contributed by atoms with van der Waals surface area (Å²) in [5, 5.41) is 25.2. The van der Waals surface area contributed by atoms with Gasteiger partial charge >= 0.3 is 0 Å². The summed E-state index contributed by atoms with van der Waals surface area (Å²) in [4.78, 5) is 29.0. The molecular formula is C42H55N5O8S. The molecule has 3 aromatic rings. The first-order chi connectivity index (χ1) is 26.7. The molecule has 7 rings (SSSR count). The van der Waals surface area contributed by atoms with Crippen LogP contribution in [-0.4, -0.2) is 86.4 Å². The molecule has 0 unspecified atom stereocenters. The van der Waals surface area contributed by atoms with Crippen molar-refractivity contribution in [2.45, 2.75) is 101 Å². The average molecular weight is 790 g/mol. The molecule has 2 heterocycles. The molecule has 2 saturated heterocycles. The molecule has 4 aliphatic rings. The molecule has 1 amide bonds. The van der Waals surface area contributed by atoms with E-state index in [1.165, 1.54) is 17.7 Å². The lowest BCUT2D eigenvalue weighted by Crippen LogP contribution is -2.57. The van der Waals surface area contributed by atoms with E-state index in [1.807, 2.05) is 25.1 Å². The number of ether oxygens (including phenoxy) is 2. The highest BCUT2D eigenvalue weighted by molar-refractivity contribution is 7.90. The van der Waals surface area contributed by atoms with Crippen LogP contribution in [0.2, 0.25) is 0 Å². The van der Waals surface area contributed by atoms with Crippen LogP contribution in [0.15, 0.2) is 71.6 Å². The molecule has 1 spiro atoms. The van der Waals surface area contributed by atoms with Gasteiger partial charge in [-0.3, -0.25) is 19.8 Å². The third-order valence-corrected chi connectivity index (χ3v) is 13.7. The lowest BCUT2D eigenvalue weighted by atomic mass is 9.59. The summed E-state index contributed by atoms with van der Waals surface area (Å²) in [5.41, 5.74) is 1.78. The average Bonchev–Trinajstić information content (AvgIpc) is 3.16. The van der Waals surface area contributed by atoms with Crippen LogP contribution in [0.25, 0.3) is 0 Å². The summed E-state index contributed by atoms with van der Waals surface area (Å²) in [5.74, 6) is 0.357. The van der Waals surface area contributed by atoms with E-state index >= 15 is 0 Å². The highest BCUT2D eigenvalue weighted by Gasteiger charge is 2.49. The maximum Gasteiger partial charge on any atom is 0.293 e. The number of carbonyl (C=O) groups is 1. The van der Waals surface area contributed by atoms with Crippen LogP contribution in [0.5, 0.6) is 5.75 Å². The lowest BCUT2D eigenvalue weighted by Gasteiger charge is -2.57. The van der Waals surface area contributed by atoms with Gasteiger partial charge in [0, 0.05) is 55.1 Å². The van der Waals surface area contributed by atoms with Gasteiger partial charge in [0.05, 0.1) is 40.8 Å². The fraction of sp³-hybridized carbons (Fsp3) is 0.548. The summed E-state index contributed by atoms with van der Waals surface area (Å²) in [6.45, 7) is 10.5. The van der Waals surface area contributed by atoms with Gasteiger partial charge in [-0.15, -0.1) is 0 Å². The van der Waals surface area contributed by atoms with E-state index in [4.69, 9.17) is 9.47 Å². The second kappa shape index (κ2) is 16.3. The Morgan fingerprint density at radius 3 is 2.39 bits per heavy atom. The van der Waals surface area contributed by atoms with Crippen LogP contribution in [0.4, 0.5) is 17.1 Å². The zero-order valence-electron chi connectivity index (χ0n) is 32.6. The summed E-state index contributed by atoms with van der Waals surface area (Å²) in [7, 11) is -4.39. The molecule has 2 aliphatic carbocycles. The van der Waals surface area contributed by atoms with Crippen molar-refractivity contribution in [3.05, 3.63) is 88.0 Å². The van der Waals surface area contributed by atoms with Crippen LogP contribution in [-0.2, 0) is 14.8 Å². The normalized spacial score (nSPS) is 24.4. The number of carbonyl (C=O) groups excluding carboxylic acids is 1. The maximum absolute atomic E-state index is 13.2. The van der Waals surface area contributed by atoms with Crippen LogP contribution in [0.1, 0.15) is 94.1 Å². The highest BCUT2D eigenvalue weighted by atomic mass is 32.2. The van der Waals surface area contributed by atoms with Gasteiger partial charge in [-0.25, -0.2) is 13.1 Å². The molecule has 0 bridgehead atoms. The number of benzene rings is 3. The Bertz CT molecular complexity index is 1980. The Morgan fingerprint density at radius 1 is 1.02 bits per heavy atom. The predicted octanol–water partition coefficient (Wildman–Crippen LogP) is 6.68. The Labute approximate surface area is 329 Å². The maximum atomic E-state index is 13.2. The predicted molar refractivity (Wildman–Crippen MR) is 215 cm³/mol. The van der Waals surface area contributed by atoms with E-state index < -0.39 is 32.1 Å². The number of amides is 1. The van der Waals surface area contributed by atoms with Crippen molar-refractivity contribution in [1.29, 1.82) is 0 Å². The van der Waals surface area contributed by atoms with E-state index in [1.54, 1.807) is 12.1 Å². The summed E-state index contributed by atoms with van der Waals surface area (Å²) in [6, 6.07) is 19.5. The van der Waals surface area contributed by atoms with Gasteiger partial charge < -0.3 is 24.8 Å². The van der Waals surface area contributed by atoms with Crippen molar-refractivity contribution in [2.75, 3.05) is 49.6 Å². The third-order valence-electron chi connectivity index (χ3n) is 12.4. The van der Waals surface area contributed by atoms with Crippen LogP contribution in [0, 0.1) is 21.4 Å². The standard InChI is InChI=1S/C42H55N5O8S/c1-29(2)55-39-7-5-4-6-35(39)38-28-54-23-22-46(38)33-25-42(26-33)18-20-45(21-19-42)32-10-8-31(9-11-32)40(48)44-56(52,53)34-12-13-36(37(24-34)47(50)51)43-27-30-14-16-41(3,49)17-15-30/h4-13,24,29-30,33,38,43,49H,14-23,25-28H2,1-3H3,(H,44,48)/t30?,38-,41?/m0/s1. The number of anilines is 2. The zero-order chi connectivity index (χ0) is 39.7. The monoisotopic (exact) mass is 789 g/mol. The number of nitrogens with one attached hydrogen (secondary N) is 2. The van der Waals surface area contributed by atoms with E-state index in [2.05, 4.69) is 51.9 Å². The first-order valence-electron chi connectivity index (χ1n) is 20.0. The largest absolute Gasteiger partial charge is 0.491 e. The third kappa shape index (κ3) is 8.98. The fourth-order valence-corrected chi connectivity index (χ4v) is 10.1. The number of hydrogen-bond acceptors (Lipinski definition) is 11. The first-order valence-corrected chi connectivity index (χ1v) is 21.5. The minimum Gasteiger partial charge on any atom is -0.491 e. The molecule has 1 atom stereocenters. The Hall–Kier alpha value is -4.24. The first kappa shape index (κ1) is 40.0. The molecule has 2 aliphatic heterocycles. The number of nitro groups is 1. The van der Waals surface area contributed by atoms with Gasteiger partial charge in [0.15, 0.2) is 0 Å². The zero-order valence-corrected chi connectivity index (χ0v) is 33.4. The summed E-state index contributed by atoms with van der Waals surface area (Å²) in [6.07, 6.45) is 7.46. The molecule has 0 aromatic heterocycles. The number of nitro benzene ring substituents is 1. The van der Waals surface area contributed by atoms with Crippen LogP contribution >= 0.6 is 0 Å². The van der Waals surface area contributed by atoms with Crippen molar-refractivity contribution >= 4 is 33.0 Å². The Kier molecular flexibility index (Phi) is 11.6. The minimum absolute atomic E-state index is 0.0968. The molecule has 4 fully saturated rings. The molecule has 302 valence electrons. The molecular weight excluding hydrogens is 735 g/mol. The topological polar surface area (TPSA) is 164 Å². The van der Waals surface area contributed by atoms with Crippen molar-refractivity contribution in [1.82, 2.24) is 9.62 Å². The number of rotatable bonds is 12. The number of aliphatic hydroxyl groups is 1. The van der Waals surface area contributed by atoms with Gasteiger partial charge in [0.25, 0.3) is 21.6 Å².